The van der Waals surface area contributed by atoms with E-state index >= 15 is 0 Å². The molecule has 0 amide bonds. The van der Waals surface area contributed by atoms with Crippen molar-refractivity contribution in [1.82, 2.24) is 5.32 Å². The average Bonchev–Trinajstić information content (AvgIpc) is 2.38. The maximum Gasteiger partial charge on any atom is 0.123 e. The lowest BCUT2D eigenvalue weighted by molar-refractivity contribution is 0.124. The molecule has 108 valence electrons. The molecule has 1 unspecified atom stereocenters. The van der Waals surface area contributed by atoms with Crippen LogP contribution in [-0.2, 0) is 11.2 Å². The van der Waals surface area contributed by atoms with Crippen LogP contribution in [0.5, 0.6) is 0 Å². The van der Waals surface area contributed by atoms with E-state index in [1.165, 1.54) is 5.56 Å². The van der Waals surface area contributed by atoms with Crippen molar-refractivity contribution in [1.29, 1.82) is 0 Å². The molecule has 2 nitrogen and oxygen atoms in total. The van der Waals surface area contributed by atoms with Gasteiger partial charge in [0.2, 0.25) is 0 Å². The van der Waals surface area contributed by atoms with E-state index in [-0.39, 0.29) is 5.82 Å². The molecule has 0 heterocycles. The predicted molar refractivity (Wildman–Crippen MR) is 78.0 cm³/mol. The summed E-state index contributed by atoms with van der Waals surface area (Å²) in [6, 6.07) is 5.43. The minimum atomic E-state index is -0.160. The summed E-state index contributed by atoms with van der Waals surface area (Å²) in [4.78, 5) is 0. The summed E-state index contributed by atoms with van der Waals surface area (Å²) >= 11 is 0. The van der Waals surface area contributed by atoms with Crippen LogP contribution in [-0.4, -0.2) is 25.8 Å². The molecule has 19 heavy (non-hydrogen) atoms. The lowest BCUT2D eigenvalue weighted by Crippen LogP contribution is -2.32. The van der Waals surface area contributed by atoms with Crippen LogP contribution in [0, 0.1) is 12.7 Å². The summed E-state index contributed by atoms with van der Waals surface area (Å²) in [6.45, 7) is 8.74. The highest BCUT2D eigenvalue weighted by molar-refractivity contribution is 5.27. The van der Waals surface area contributed by atoms with Gasteiger partial charge < -0.3 is 10.1 Å². The fourth-order valence-corrected chi connectivity index (χ4v) is 2.19. The molecule has 1 atom stereocenters. The normalized spacial score (nSPS) is 12.6. The van der Waals surface area contributed by atoms with Crippen molar-refractivity contribution < 1.29 is 9.13 Å². The Kier molecular flexibility index (Phi) is 7.68. The molecule has 0 fully saturated rings. The Hall–Kier alpha value is -0.930. The van der Waals surface area contributed by atoms with Crippen molar-refractivity contribution in [3.8, 4) is 0 Å². The first-order chi connectivity index (χ1) is 9.17. The van der Waals surface area contributed by atoms with Crippen LogP contribution in [0.1, 0.15) is 37.8 Å². The molecule has 0 radical (unpaired) electrons. The Balaban J connectivity index is 2.51. The van der Waals surface area contributed by atoms with Crippen LogP contribution in [0.15, 0.2) is 18.2 Å². The van der Waals surface area contributed by atoms with Gasteiger partial charge in [-0.25, -0.2) is 4.39 Å². The van der Waals surface area contributed by atoms with E-state index in [1.807, 2.05) is 13.0 Å². The summed E-state index contributed by atoms with van der Waals surface area (Å²) in [7, 11) is 0. The molecule has 0 spiro atoms. The first kappa shape index (κ1) is 16.1. The number of halogens is 1. The number of hydrogen-bond donors (Lipinski definition) is 1. The number of rotatable bonds is 9. The van der Waals surface area contributed by atoms with Gasteiger partial charge in [0.15, 0.2) is 0 Å². The zero-order valence-electron chi connectivity index (χ0n) is 12.3. The topological polar surface area (TPSA) is 21.3 Å². The zero-order chi connectivity index (χ0) is 14.1. The molecule has 0 aliphatic heterocycles. The molecule has 0 aliphatic rings. The van der Waals surface area contributed by atoms with E-state index in [0.29, 0.717) is 6.04 Å². The number of aryl methyl sites for hydroxylation is 1. The van der Waals surface area contributed by atoms with Crippen molar-refractivity contribution in [3.63, 3.8) is 0 Å². The van der Waals surface area contributed by atoms with Gasteiger partial charge >= 0.3 is 0 Å². The Morgan fingerprint density at radius 1 is 1.26 bits per heavy atom. The Labute approximate surface area is 116 Å². The van der Waals surface area contributed by atoms with Crippen molar-refractivity contribution in [2.75, 3.05) is 19.8 Å². The van der Waals surface area contributed by atoms with E-state index in [0.717, 1.165) is 44.6 Å². The van der Waals surface area contributed by atoms with Gasteiger partial charge in [-0.3, -0.25) is 0 Å². The fraction of sp³-hybridized carbons (Fsp3) is 0.625. The molecule has 0 aromatic heterocycles. The summed E-state index contributed by atoms with van der Waals surface area (Å²) in [5, 5.41) is 3.48. The van der Waals surface area contributed by atoms with Crippen LogP contribution < -0.4 is 5.32 Å². The van der Waals surface area contributed by atoms with Gasteiger partial charge in [-0.05, 0) is 56.0 Å². The smallest absolute Gasteiger partial charge is 0.123 e. The lowest BCUT2D eigenvalue weighted by Gasteiger charge is -2.19. The quantitative estimate of drug-likeness (QED) is 0.692. The van der Waals surface area contributed by atoms with Crippen molar-refractivity contribution in [2.45, 2.75) is 46.1 Å². The van der Waals surface area contributed by atoms with E-state index in [2.05, 4.69) is 19.2 Å². The molecule has 1 rings (SSSR count). The number of nitrogens with one attached hydrogen (secondary N) is 1. The van der Waals surface area contributed by atoms with Crippen LogP contribution >= 0.6 is 0 Å². The average molecular weight is 267 g/mol. The van der Waals surface area contributed by atoms with Gasteiger partial charge in [-0.2, -0.15) is 0 Å². The molecule has 1 N–H and O–H groups in total. The second-order valence-corrected chi connectivity index (χ2v) is 4.93. The minimum absolute atomic E-state index is 0.160. The largest absolute Gasteiger partial charge is 0.381 e. The Bertz CT molecular complexity index is 368. The number of hydrogen-bond acceptors (Lipinski definition) is 2. The third-order valence-corrected chi connectivity index (χ3v) is 3.22. The molecular weight excluding hydrogens is 241 g/mol. The highest BCUT2D eigenvalue weighted by atomic mass is 19.1. The SMILES string of the molecule is CCCOCCC(Cc1ccc(F)cc1C)NCC. The van der Waals surface area contributed by atoms with Gasteiger partial charge in [0.05, 0.1) is 0 Å². The highest BCUT2D eigenvalue weighted by Crippen LogP contribution is 2.13. The van der Waals surface area contributed by atoms with Crippen molar-refractivity contribution in [3.05, 3.63) is 35.1 Å². The fourth-order valence-electron chi connectivity index (χ4n) is 2.19. The van der Waals surface area contributed by atoms with Crippen molar-refractivity contribution >= 4 is 0 Å². The third kappa shape index (κ3) is 6.17. The monoisotopic (exact) mass is 267 g/mol. The van der Waals surface area contributed by atoms with E-state index < -0.39 is 0 Å². The van der Waals surface area contributed by atoms with Crippen LogP contribution in [0.4, 0.5) is 4.39 Å². The molecule has 0 aliphatic carbocycles. The molecule has 0 saturated heterocycles. The minimum Gasteiger partial charge on any atom is -0.381 e. The van der Waals surface area contributed by atoms with Gasteiger partial charge in [-0.1, -0.05) is 19.9 Å². The number of likely N-dealkylation sites (N-methyl/N-ethyl adjacent to an activating group) is 1. The van der Waals surface area contributed by atoms with Gasteiger partial charge in [0.1, 0.15) is 5.82 Å². The second kappa shape index (κ2) is 9.05. The van der Waals surface area contributed by atoms with Gasteiger partial charge in [0, 0.05) is 19.3 Å². The maximum atomic E-state index is 13.1. The van der Waals surface area contributed by atoms with Crippen LogP contribution in [0.25, 0.3) is 0 Å². The summed E-state index contributed by atoms with van der Waals surface area (Å²) in [5.41, 5.74) is 2.24. The predicted octanol–water partition coefficient (Wildman–Crippen LogP) is 3.47. The van der Waals surface area contributed by atoms with E-state index in [9.17, 15) is 4.39 Å². The van der Waals surface area contributed by atoms with Gasteiger partial charge in [-0.15, -0.1) is 0 Å². The first-order valence-electron chi connectivity index (χ1n) is 7.23. The van der Waals surface area contributed by atoms with Crippen LogP contribution in [0.3, 0.4) is 0 Å². The molecule has 0 bridgehead atoms. The lowest BCUT2D eigenvalue weighted by atomic mass is 9.99. The molecule has 1 aromatic rings. The van der Waals surface area contributed by atoms with Crippen LogP contribution in [0.2, 0.25) is 0 Å². The summed E-state index contributed by atoms with van der Waals surface area (Å²) < 4.78 is 18.6. The molecule has 1 aromatic carbocycles. The Morgan fingerprint density at radius 2 is 2.05 bits per heavy atom. The summed E-state index contributed by atoms with van der Waals surface area (Å²) in [6.07, 6.45) is 2.98. The second-order valence-electron chi connectivity index (χ2n) is 4.93. The molecule has 3 heteroatoms. The number of ether oxygens (including phenoxy) is 1. The molecular formula is C16H26FNO. The summed E-state index contributed by atoms with van der Waals surface area (Å²) in [5.74, 6) is -0.160. The van der Waals surface area contributed by atoms with Gasteiger partial charge in [0.25, 0.3) is 0 Å². The van der Waals surface area contributed by atoms with E-state index in [1.54, 1.807) is 12.1 Å². The number of benzene rings is 1. The highest BCUT2D eigenvalue weighted by Gasteiger charge is 2.10. The molecule has 0 saturated carbocycles. The van der Waals surface area contributed by atoms with E-state index in [4.69, 9.17) is 4.74 Å². The standard InChI is InChI=1S/C16H26FNO/c1-4-9-19-10-8-16(18-5-2)12-14-6-7-15(17)11-13(14)3/h6-7,11,16,18H,4-5,8-10,12H2,1-3H3. The zero-order valence-corrected chi connectivity index (χ0v) is 12.3. The maximum absolute atomic E-state index is 13.1. The first-order valence-corrected chi connectivity index (χ1v) is 7.23. The van der Waals surface area contributed by atoms with Crippen molar-refractivity contribution in [2.24, 2.45) is 0 Å². The Morgan fingerprint density at radius 3 is 2.68 bits per heavy atom. The third-order valence-electron chi connectivity index (χ3n) is 3.22.